The number of rotatable bonds is 4. The summed E-state index contributed by atoms with van der Waals surface area (Å²) in [5.74, 6) is -0.539. The first-order valence-electron chi connectivity index (χ1n) is 6.56. The van der Waals surface area contributed by atoms with Crippen molar-refractivity contribution in [2.45, 2.75) is 0 Å². The van der Waals surface area contributed by atoms with Gasteiger partial charge in [0.15, 0.2) is 5.75 Å². The minimum atomic E-state index is -0.628. The van der Waals surface area contributed by atoms with E-state index in [4.69, 9.17) is 4.74 Å². The van der Waals surface area contributed by atoms with Gasteiger partial charge in [-0.05, 0) is 30.3 Å². The SMILES string of the molecule is COc1cccc(C(=O)Nc2ccc3scnc3c2)c1[N+](=O)[O-]. The van der Waals surface area contributed by atoms with Crippen molar-refractivity contribution in [3.63, 3.8) is 0 Å². The molecule has 0 aliphatic rings. The number of benzene rings is 2. The molecule has 0 spiro atoms. The minimum absolute atomic E-state index is 0.0394. The number of carbonyl (C=O) groups excluding carboxylic acids is 1. The van der Waals surface area contributed by atoms with Gasteiger partial charge in [-0.1, -0.05) is 6.07 Å². The van der Waals surface area contributed by atoms with E-state index in [0.29, 0.717) is 5.69 Å². The van der Waals surface area contributed by atoms with E-state index in [1.165, 1.54) is 36.6 Å². The summed E-state index contributed by atoms with van der Waals surface area (Å²) < 4.78 is 5.96. The van der Waals surface area contributed by atoms with Gasteiger partial charge in [0, 0.05) is 5.69 Å². The quantitative estimate of drug-likeness (QED) is 0.584. The van der Waals surface area contributed by atoms with Gasteiger partial charge >= 0.3 is 5.69 Å². The topological polar surface area (TPSA) is 94.4 Å². The number of fused-ring (bicyclic) bond motifs is 1. The average Bonchev–Trinajstić information content (AvgIpc) is 3.01. The first-order chi connectivity index (χ1) is 11.1. The van der Waals surface area contributed by atoms with Gasteiger partial charge < -0.3 is 10.1 Å². The van der Waals surface area contributed by atoms with Crippen molar-refractivity contribution >= 4 is 38.8 Å². The molecule has 0 aliphatic heterocycles. The Balaban J connectivity index is 1.95. The molecule has 0 saturated heterocycles. The Morgan fingerprint density at radius 3 is 2.91 bits per heavy atom. The number of amides is 1. The van der Waals surface area contributed by atoms with Gasteiger partial charge in [0.2, 0.25) is 0 Å². The van der Waals surface area contributed by atoms with Gasteiger partial charge in [-0.2, -0.15) is 0 Å². The zero-order chi connectivity index (χ0) is 16.4. The van der Waals surface area contributed by atoms with E-state index in [-0.39, 0.29) is 17.0 Å². The number of nitrogens with zero attached hydrogens (tertiary/aromatic N) is 2. The molecule has 0 aliphatic carbocycles. The fraction of sp³-hybridized carbons (Fsp3) is 0.0667. The van der Waals surface area contributed by atoms with Gasteiger partial charge in [-0.15, -0.1) is 11.3 Å². The summed E-state index contributed by atoms with van der Waals surface area (Å²) >= 11 is 1.49. The standard InChI is InChI=1S/C15H11N3O4S/c1-22-12-4-2-3-10(14(12)18(20)21)15(19)17-9-5-6-13-11(7-9)16-8-23-13/h2-8H,1H3,(H,17,19). The molecule has 0 atom stereocenters. The smallest absolute Gasteiger partial charge is 0.323 e. The highest BCUT2D eigenvalue weighted by atomic mass is 32.1. The molecule has 1 amide bonds. The molecule has 8 heteroatoms. The van der Waals surface area contributed by atoms with Crippen molar-refractivity contribution in [2.24, 2.45) is 0 Å². The number of methoxy groups -OCH3 is 1. The Hall–Kier alpha value is -3.00. The molecule has 116 valence electrons. The summed E-state index contributed by atoms with van der Waals surface area (Å²) in [5, 5.41) is 13.9. The molecule has 0 fully saturated rings. The number of nitro groups is 1. The van der Waals surface area contributed by atoms with Crippen LogP contribution in [-0.2, 0) is 0 Å². The molecule has 0 bridgehead atoms. The number of ether oxygens (including phenoxy) is 1. The van der Waals surface area contributed by atoms with Crippen LogP contribution in [0.5, 0.6) is 5.75 Å². The van der Waals surface area contributed by atoms with Crippen molar-refractivity contribution in [2.75, 3.05) is 12.4 Å². The van der Waals surface area contributed by atoms with Crippen LogP contribution in [-0.4, -0.2) is 22.9 Å². The molecule has 1 N–H and O–H groups in total. The third-order valence-corrected chi connectivity index (χ3v) is 4.04. The van der Waals surface area contributed by atoms with Gasteiger partial charge in [0.1, 0.15) is 5.56 Å². The van der Waals surface area contributed by atoms with Crippen molar-refractivity contribution < 1.29 is 14.5 Å². The molecule has 0 unspecified atom stereocenters. The Bertz CT molecular complexity index is 907. The summed E-state index contributed by atoms with van der Waals surface area (Å²) in [4.78, 5) is 27.2. The molecular formula is C15H11N3O4S. The maximum Gasteiger partial charge on any atom is 0.323 e. The van der Waals surface area contributed by atoms with Crippen molar-refractivity contribution in [3.05, 3.63) is 57.6 Å². The fourth-order valence-corrected chi connectivity index (χ4v) is 2.85. The lowest BCUT2D eigenvalue weighted by Crippen LogP contribution is -2.14. The van der Waals surface area contributed by atoms with Gasteiger partial charge in [0.05, 0.1) is 27.8 Å². The van der Waals surface area contributed by atoms with E-state index < -0.39 is 10.8 Å². The van der Waals surface area contributed by atoms with Gasteiger partial charge in [-0.3, -0.25) is 14.9 Å². The van der Waals surface area contributed by atoms with Crippen LogP contribution in [0.4, 0.5) is 11.4 Å². The summed E-state index contributed by atoms with van der Waals surface area (Å²) in [7, 11) is 1.32. The Kier molecular flexibility index (Phi) is 3.90. The van der Waals surface area contributed by atoms with Crippen molar-refractivity contribution in [3.8, 4) is 5.75 Å². The number of aromatic nitrogens is 1. The zero-order valence-electron chi connectivity index (χ0n) is 12.0. The number of thiazole rings is 1. The molecule has 3 rings (SSSR count). The number of carbonyl (C=O) groups is 1. The molecule has 2 aromatic carbocycles. The molecule has 1 aromatic heterocycles. The van der Waals surface area contributed by atoms with Crippen LogP contribution >= 0.6 is 11.3 Å². The Morgan fingerprint density at radius 2 is 2.17 bits per heavy atom. The first-order valence-corrected chi connectivity index (χ1v) is 7.44. The molecule has 3 aromatic rings. The van der Waals surface area contributed by atoms with Crippen LogP contribution in [0.15, 0.2) is 41.9 Å². The van der Waals surface area contributed by atoms with Crippen molar-refractivity contribution in [1.82, 2.24) is 4.98 Å². The highest BCUT2D eigenvalue weighted by molar-refractivity contribution is 7.16. The van der Waals surface area contributed by atoms with E-state index in [9.17, 15) is 14.9 Å². The summed E-state index contributed by atoms with van der Waals surface area (Å²) in [6.07, 6.45) is 0. The summed E-state index contributed by atoms with van der Waals surface area (Å²) in [6, 6.07) is 9.64. The second-order valence-electron chi connectivity index (χ2n) is 4.60. The predicted octanol–water partition coefficient (Wildman–Crippen LogP) is 3.47. The van der Waals surface area contributed by atoms with E-state index in [2.05, 4.69) is 10.3 Å². The normalized spacial score (nSPS) is 10.5. The van der Waals surface area contributed by atoms with Crippen LogP contribution < -0.4 is 10.1 Å². The second-order valence-corrected chi connectivity index (χ2v) is 5.49. The number of anilines is 1. The van der Waals surface area contributed by atoms with Gasteiger partial charge in [-0.25, -0.2) is 4.98 Å². The largest absolute Gasteiger partial charge is 0.490 e. The van der Waals surface area contributed by atoms with Crippen LogP contribution in [0.25, 0.3) is 10.2 Å². The third kappa shape index (κ3) is 2.84. The molecule has 1 heterocycles. The molecule has 7 nitrogen and oxygen atoms in total. The van der Waals surface area contributed by atoms with Crippen LogP contribution in [0.1, 0.15) is 10.4 Å². The molecule has 0 saturated carbocycles. The van der Waals surface area contributed by atoms with Crippen LogP contribution in [0, 0.1) is 10.1 Å². The highest BCUT2D eigenvalue weighted by Crippen LogP contribution is 2.31. The summed E-state index contributed by atoms with van der Waals surface area (Å²) in [6.45, 7) is 0. The van der Waals surface area contributed by atoms with Crippen LogP contribution in [0.3, 0.4) is 0 Å². The number of hydrogen-bond donors (Lipinski definition) is 1. The summed E-state index contributed by atoms with van der Waals surface area (Å²) in [5.41, 5.74) is 2.57. The first kappa shape index (κ1) is 14.9. The lowest BCUT2D eigenvalue weighted by Gasteiger charge is -2.08. The number of para-hydroxylation sites is 1. The number of nitro benzene ring substituents is 1. The minimum Gasteiger partial charge on any atom is -0.490 e. The maximum absolute atomic E-state index is 12.4. The molecule has 23 heavy (non-hydrogen) atoms. The monoisotopic (exact) mass is 329 g/mol. The lowest BCUT2D eigenvalue weighted by atomic mass is 10.1. The molecular weight excluding hydrogens is 318 g/mol. The van der Waals surface area contributed by atoms with E-state index in [1.807, 2.05) is 6.07 Å². The number of nitrogens with one attached hydrogen (secondary N) is 1. The molecule has 0 radical (unpaired) electrons. The average molecular weight is 329 g/mol. The van der Waals surface area contributed by atoms with Crippen molar-refractivity contribution in [1.29, 1.82) is 0 Å². The van der Waals surface area contributed by atoms with Crippen LogP contribution in [0.2, 0.25) is 0 Å². The Morgan fingerprint density at radius 1 is 1.35 bits per heavy atom. The third-order valence-electron chi connectivity index (χ3n) is 3.23. The Labute approximate surface area is 134 Å². The van der Waals surface area contributed by atoms with E-state index in [1.54, 1.807) is 17.6 Å². The zero-order valence-corrected chi connectivity index (χ0v) is 12.8. The predicted molar refractivity (Wildman–Crippen MR) is 87.2 cm³/mol. The van der Waals surface area contributed by atoms with Gasteiger partial charge in [0.25, 0.3) is 5.91 Å². The van der Waals surface area contributed by atoms with E-state index >= 15 is 0 Å². The maximum atomic E-state index is 12.4. The number of hydrogen-bond acceptors (Lipinski definition) is 6. The fourth-order valence-electron chi connectivity index (χ4n) is 2.19. The second kappa shape index (κ2) is 6.01. The lowest BCUT2D eigenvalue weighted by molar-refractivity contribution is -0.386. The highest BCUT2D eigenvalue weighted by Gasteiger charge is 2.25. The van der Waals surface area contributed by atoms with E-state index in [0.717, 1.165) is 10.2 Å².